The Kier molecular flexibility index (Phi) is 34.0. The molecule has 0 unspecified atom stereocenters. The minimum Gasteiger partial charge on any atom is -0.462 e. The number of ketones is 1. The first-order valence-corrected chi connectivity index (χ1v) is 22.0. The van der Waals surface area contributed by atoms with E-state index in [0.29, 0.717) is 19.3 Å². The Bertz CT molecular complexity index is 957. The maximum absolute atomic E-state index is 12.4. The number of allylic oxidation sites excluding steroid dienone is 4. The van der Waals surface area contributed by atoms with E-state index < -0.39 is 32.5 Å². The van der Waals surface area contributed by atoms with Crippen LogP contribution in [-0.4, -0.2) is 46.8 Å². The Morgan fingerprint density at radius 1 is 0.608 bits per heavy atom. The molecule has 0 spiro atoms. The van der Waals surface area contributed by atoms with Crippen molar-refractivity contribution in [3.8, 4) is 0 Å². The van der Waals surface area contributed by atoms with Crippen LogP contribution in [0.1, 0.15) is 194 Å². The molecule has 298 valence electrons. The highest BCUT2D eigenvalue weighted by Gasteiger charge is 2.23. The number of rotatable bonds is 37. The number of hydrogen-bond donors (Lipinski definition) is 2. The normalized spacial score (nSPS) is 12.7. The van der Waals surface area contributed by atoms with E-state index in [1.807, 2.05) is 6.08 Å². The molecule has 1 atom stereocenters. The maximum atomic E-state index is 12.4. The lowest BCUT2D eigenvalue weighted by atomic mass is 10.0. The van der Waals surface area contributed by atoms with Crippen LogP contribution in [0, 0.1) is 5.92 Å². The third-order valence-electron chi connectivity index (χ3n) is 8.88. The Labute approximate surface area is 311 Å². The lowest BCUT2D eigenvalue weighted by Gasteiger charge is -2.18. The molecule has 0 aliphatic carbocycles. The fourth-order valence-electron chi connectivity index (χ4n) is 5.77. The van der Waals surface area contributed by atoms with E-state index in [0.717, 1.165) is 57.3 Å². The van der Waals surface area contributed by atoms with E-state index in [2.05, 4.69) is 31.4 Å². The van der Waals surface area contributed by atoms with Crippen molar-refractivity contribution in [3.63, 3.8) is 0 Å². The van der Waals surface area contributed by atoms with E-state index >= 15 is 0 Å². The van der Waals surface area contributed by atoms with Gasteiger partial charge in [0.05, 0.1) is 6.61 Å². The summed E-state index contributed by atoms with van der Waals surface area (Å²) in [5, 5.41) is 0. The van der Waals surface area contributed by atoms with Gasteiger partial charge >= 0.3 is 19.8 Å². The summed E-state index contributed by atoms with van der Waals surface area (Å²) < 4.78 is 26.3. The first-order valence-electron chi connectivity index (χ1n) is 20.4. The highest BCUT2D eigenvalue weighted by Crippen LogP contribution is 2.36. The van der Waals surface area contributed by atoms with Gasteiger partial charge in [-0.15, -0.1) is 0 Å². The molecule has 0 fully saturated rings. The minimum absolute atomic E-state index is 0.112. The summed E-state index contributed by atoms with van der Waals surface area (Å²) in [5.41, 5.74) is 0. The molecule has 0 bridgehead atoms. The third-order valence-corrected chi connectivity index (χ3v) is 9.36. The largest absolute Gasteiger partial charge is 0.469 e. The van der Waals surface area contributed by atoms with Gasteiger partial charge in [0, 0.05) is 19.3 Å². The fourth-order valence-corrected chi connectivity index (χ4v) is 6.14. The summed E-state index contributed by atoms with van der Waals surface area (Å²) in [6.45, 7) is 5.88. The lowest BCUT2D eigenvalue weighted by molar-refractivity contribution is -0.161. The lowest BCUT2D eigenvalue weighted by Crippen LogP contribution is -2.29. The maximum Gasteiger partial charge on any atom is 0.469 e. The summed E-state index contributed by atoms with van der Waals surface area (Å²) in [4.78, 5) is 54.8. The molecule has 0 heterocycles. The standard InChI is InChI=1S/C41H75O9P/c1-4-5-6-7-16-21-26-31-38(42)32-27-22-19-24-29-34-41(44)50-39(36-49-51(45,46)47)35-48-40(43)33-28-23-18-15-13-11-9-8-10-12-14-17-20-25-30-37(2)3/h16,21,26,31,37,39H,4-15,17-20,22-25,27-30,32-36H2,1-3H3,(H2,45,46,47)/b21-16-,31-26+/t39-/m1/s1. The number of phosphoric ester groups is 1. The first-order chi connectivity index (χ1) is 24.5. The predicted octanol–water partition coefficient (Wildman–Crippen LogP) is 11.4. The van der Waals surface area contributed by atoms with Crippen molar-refractivity contribution in [1.82, 2.24) is 0 Å². The molecule has 0 aromatic heterocycles. The van der Waals surface area contributed by atoms with Crippen LogP contribution in [0.4, 0.5) is 0 Å². The number of esters is 2. The Balaban J connectivity index is 3.99. The van der Waals surface area contributed by atoms with E-state index in [1.165, 1.54) is 89.9 Å². The van der Waals surface area contributed by atoms with E-state index in [4.69, 9.17) is 19.3 Å². The Hall–Kier alpha value is -1.80. The molecule has 0 radical (unpaired) electrons. The second-order valence-corrected chi connectivity index (χ2v) is 15.7. The van der Waals surface area contributed by atoms with Gasteiger partial charge in [0.15, 0.2) is 11.9 Å². The molecule has 0 aromatic rings. The SMILES string of the molecule is CCCCC/C=C\C=C\C(=O)CCCCCCCC(=O)O[C@H](COC(=O)CCCCCCCCCCCCCCCCC(C)C)COP(=O)(O)O. The van der Waals surface area contributed by atoms with Crippen LogP contribution in [-0.2, 0) is 32.9 Å². The van der Waals surface area contributed by atoms with Gasteiger partial charge < -0.3 is 19.3 Å². The topological polar surface area (TPSA) is 136 Å². The summed E-state index contributed by atoms with van der Waals surface area (Å²) in [5.74, 6) is -0.0338. The van der Waals surface area contributed by atoms with Gasteiger partial charge in [0.25, 0.3) is 0 Å². The summed E-state index contributed by atoms with van der Waals surface area (Å²) in [6, 6.07) is 0. The molecular formula is C41H75O9P. The molecule has 0 aromatic carbocycles. The first kappa shape index (κ1) is 49.2. The van der Waals surface area contributed by atoms with E-state index in [9.17, 15) is 18.9 Å². The Morgan fingerprint density at radius 3 is 1.61 bits per heavy atom. The molecule has 51 heavy (non-hydrogen) atoms. The number of hydrogen-bond acceptors (Lipinski definition) is 7. The molecule has 0 amide bonds. The molecule has 0 saturated carbocycles. The van der Waals surface area contributed by atoms with Crippen molar-refractivity contribution >= 4 is 25.5 Å². The number of ether oxygens (including phenoxy) is 2. The van der Waals surface area contributed by atoms with Crippen LogP contribution < -0.4 is 0 Å². The van der Waals surface area contributed by atoms with Crippen LogP contribution in [0.25, 0.3) is 0 Å². The van der Waals surface area contributed by atoms with Crippen molar-refractivity contribution < 1.29 is 42.7 Å². The van der Waals surface area contributed by atoms with Crippen LogP contribution >= 0.6 is 7.82 Å². The fraction of sp³-hybridized carbons (Fsp3) is 0.829. The van der Waals surface area contributed by atoms with E-state index in [-0.39, 0.29) is 25.2 Å². The summed E-state index contributed by atoms with van der Waals surface area (Å²) in [7, 11) is -4.78. The van der Waals surface area contributed by atoms with Gasteiger partial charge in [-0.1, -0.05) is 161 Å². The highest BCUT2D eigenvalue weighted by molar-refractivity contribution is 7.46. The highest BCUT2D eigenvalue weighted by atomic mass is 31.2. The Morgan fingerprint density at radius 2 is 1.10 bits per heavy atom. The monoisotopic (exact) mass is 743 g/mol. The summed E-state index contributed by atoms with van der Waals surface area (Å²) in [6.07, 6.45) is 34.4. The molecule has 10 heteroatoms. The summed E-state index contributed by atoms with van der Waals surface area (Å²) >= 11 is 0. The van der Waals surface area contributed by atoms with Gasteiger partial charge in [0.1, 0.15) is 6.61 Å². The van der Waals surface area contributed by atoms with Crippen LogP contribution in [0.2, 0.25) is 0 Å². The predicted molar refractivity (Wildman–Crippen MR) is 207 cm³/mol. The zero-order valence-corrected chi connectivity index (χ0v) is 33.6. The van der Waals surface area contributed by atoms with Gasteiger partial charge in [-0.25, -0.2) is 4.57 Å². The minimum atomic E-state index is -4.78. The number of phosphoric acid groups is 1. The molecule has 9 nitrogen and oxygen atoms in total. The average molecular weight is 743 g/mol. The van der Waals surface area contributed by atoms with Gasteiger partial charge in [-0.2, -0.15) is 0 Å². The van der Waals surface area contributed by atoms with Crippen molar-refractivity contribution in [2.24, 2.45) is 5.92 Å². The smallest absolute Gasteiger partial charge is 0.462 e. The third kappa shape index (κ3) is 39.2. The van der Waals surface area contributed by atoms with Gasteiger partial charge in [-0.3, -0.25) is 18.9 Å². The number of carbonyl (C=O) groups excluding carboxylic acids is 3. The molecule has 0 saturated heterocycles. The molecule has 0 aliphatic rings. The van der Waals surface area contributed by atoms with E-state index in [1.54, 1.807) is 12.2 Å². The average Bonchev–Trinajstić information content (AvgIpc) is 3.07. The van der Waals surface area contributed by atoms with Gasteiger partial charge in [-0.05, 0) is 44.1 Å². The second kappa shape index (κ2) is 35.2. The molecule has 2 N–H and O–H groups in total. The number of carbonyl (C=O) groups is 3. The van der Waals surface area contributed by atoms with Crippen molar-refractivity contribution in [2.75, 3.05) is 13.2 Å². The van der Waals surface area contributed by atoms with Crippen LogP contribution in [0.3, 0.4) is 0 Å². The second-order valence-electron chi connectivity index (χ2n) is 14.5. The molecule has 0 aliphatic heterocycles. The van der Waals surface area contributed by atoms with Crippen LogP contribution in [0.5, 0.6) is 0 Å². The molecular weight excluding hydrogens is 667 g/mol. The zero-order valence-electron chi connectivity index (χ0n) is 32.7. The van der Waals surface area contributed by atoms with Gasteiger partial charge in [0.2, 0.25) is 0 Å². The zero-order chi connectivity index (χ0) is 37.8. The number of unbranched alkanes of at least 4 members (excludes halogenated alkanes) is 20. The quantitative estimate of drug-likeness (QED) is 0.0209. The van der Waals surface area contributed by atoms with Crippen molar-refractivity contribution in [3.05, 3.63) is 24.3 Å². The molecule has 0 rings (SSSR count). The van der Waals surface area contributed by atoms with Crippen LogP contribution in [0.15, 0.2) is 24.3 Å². The van der Waals surface area contributed by atoms with Crippen molar-refractivity contribution in [1.29, 1.82) is 0 Å². The van der Waals surface area contributed by atoms with Crippen molar-refractivity contribution in [2.45, 2.75) is 200 Å².